The Morgan fingerprint density at radius 1 is 1.46 bits per heavy atom. The maximum Gasteiger partial charge on any atom is 0.237 e. The molecule has 3 N–H and O–H groups in total. The van der Waals surface area contributed by atoms with E-state index in [4.69, 9.17) is 5.73 Å². The third kappa shape index (κ3) is 5.36. The summed E-state index contributed by atoms with van der Waals surface area (Å²) >= 11 is 0. The van der Waals surface area contributed by atoms with Crippen molar-refractivity contribution in [2.45, 2.75) is 39.3 Å². The van der Waals surface area contributed by atoms with Crippen molar-refractivity contribution in [3.05, 3.63) is 0 Å². The van der Waals surface area contributed by atoms with Gasteiger partial charge in [0.05, 0.1) is 12.1 Å². The molecule has 0 aromatic heterocycles. The van der Waals surface area contributed by atoms with Crippen LogP contribution in [0, 0.1) is 5.92 Å². The molecule has 0 aliphatic carbocycles. The Bertz CT molecular complexity index is 180. The van der Waals surface area contributed by atoms with Crippen molar-refractivity contribution in [3.8, 4) is 0 Å². The predicted octanol–water partition coefficient (Wildman–Crippen LogP) is 0.0634. The minimum atomic E-state index is -0.512. The van der Waals surface area contributed by atoms with Gasteiger partial charge in [-0.3, -0.25) is 4.79 Å². The first-order valence-electron chi connectivity index (χ1n) is 4.48. The van der Waals surface area contributed by atoms with Gasteiger partial charge in [0.1, 0.15) is 6.29 Å². The van der Waals surface area contributed by atoms with Crippen molar-refractivity contribution >= 4 is 12.2 Å². The number of nitrogens with one attached hydrogen (secondary N) is 1. The molecule has 0 aliphatic heterocycles. The van der Waals surface area contributed by atoms with Gasteiger partial charge in [0.25, 0.3) is 0 Å². The van der Waals surface area contributed by atoms with E-state index >= 15 is 0 Å². The van der Waals surface area contributed by atoms with E-state index in [1.807, 2.05) is 13.8 Å². The lowest BCUT2D eigenvalue weighted by atomic mass is 10.0. The van der Waals surface area contributed by atoms with E-state index in [0.29, 0.717) is 18.6 Å². The highest BCUT2D eigenvalue weighted by Gasteiger charge is 2.16. The molecule has 0 spiro atoms. The Balaban J connectivity index is 3.89. The second-order valence-electron chi connectivity index (χ2n) is 3.67. The van der Waals surface area contributed by atoms with Crippen LogP contribution in [-0.2, 0) is 9.59 Å². The molecule has 0 radical (unpaired) electrons. The summed E-state index contributed by atoms with van der Waals surface area (Å²) in [6.07, 6.45) is 1.32. The van der Waals surface area contributed by atoms with Crippen molar-refractivity contribution < 1.29 is 9.59 Å². The van der Waals surface area contributed by atoms with E-state index in [-0.39, 0.29) is 5.91 Å². The summed E-state index contributed by atoms with van der Waals surface area (Å²) in [5.41, 5.74) is 5.59. The van der Waals surface area contributed by atoms with E-state index in [9.17, 15) is 9.59 Å². The first-order valence-corrected chi connectivity index (χ1v) is 4.48. The summed E-state index contributed by atoms with van der Waals surface area (Å²) in [7, 11) is 0. The van der Waals surface area contributed by atoms with Crippen LogP contribution in [0.3, 0.4) is 0 Å². The molecule has 0 bridgehead atoms. The fraction of sp³-hybridized carbons (Fsp3) is 0.778. The van der Waals surface area contributed by atoms with Gasteiger partial charge in [0.2, 0.25) is 5.91 Å². The van der Waals surface area contributed by atoms with Gasteiger partial charge in [-0.2, -0.15) is 0 Å². The Hall–Kier alpha value is -0.900. The average molecular weight is 186 g/mol. The minimum Gasteiger partial charge on any atom is -0.346 e. The third-order valence-corrected chi connectivity index (χ3v) is 1.64. The first-order chi connectivity index (χ1) is 5.97. The van der Waals surface area contributed by atoms with Crippen molar-refractivity contribution in [2.75, 3.05) is 0 Å². The van der Waals surface area contributed by atoms with E-state index in [0.717, 1.165) is 0 Å². The van der Waals surface area contributed by atoms with E-state index in [2.05, 4.69) is 5.32 Å². The first kappa shape index (κ1) is 12.1. The highest BCUT2D eigenvalue weighted by atomic mass is 16.2. The van der Waals surface area contributed by atoms with Crippen LogP contribution in [0.4, 0.5) is 0 Å². The summed E-state index contributed by atoms with van der Waals surface area (Å²) < 4.78 is 0. The van der Waals surface area contributed by atoms with Gasteiger partial charge in [-0.05, 0) is 19.3 Å². The summed E-state index contributed by atoms with van der Waals surface area (Å²) in [5, 5.41) is 2.50. The summed E-state index contributed by atoms with van der Waals surface area (Å²) in [5.74, 6) is 0.126. The molecule has 2 atom stereocenters. The molecule has 0 aromatic carbocycles. The smallest absolute Gasteiger partial charge is 0.237 e. The number of carbonyl (C=O) groups is 2. The van der Waals surface area contributed by atoms with Gasteiger partial charge in [-0.25, -0.2) is 0 Å². The Kier molecular flexibility index (Phi) is 5.30. The van der Waals surface area contributed by atoms with Crippen molar-refractivity contribution in [1.82, 2.24) is 5.32 Å². The van der Waals surface area contributed by atoms with E-state index < -0.39 is 12.1 Å². The SMILES string of the molecule is CC(C)CC(N)C(=O)NC(C)C=O. The molecule has 4 nitrogen and oxygen atoms in total. The third-order valence-electron chi connectivity index (χ3n) is 1.64. The molecule has 76 valence electrons. The van der Waals surface area contributed by atoms with Crippen LogP contribution in [-0.4, -0.2) is 24.3 Å². The molecule has 0 heterocycles. The number of hydrogen-bond acceptors (Lipinski definition) is 3. The number of aldehydes is 1. The van der Waals surface area contributed by atoms with Crippen LogP contribution in [0.2, 0.25) is 0 Å². The second-order valence-corrected chi connectivity index (χ2v) is 3.67. The number of amides is 1. The van der Waals surface area contributed by atoms with Crippen molar-refractivity contribution in [2.24, 2.45) is 11.7 Å². The summed E-state index contributed by atoms with van der Waals surface area (Å²) in [6, 6.07) is -0.965. The molecule has 13 heavy (non-hydrogen) atoms. The molecular formula is C9H18N2O2. The minimum absolute atomic E-state index is 0.256. The standard InChI is InChI=1S/C9H18N2O2/c1-6(2)4-8(10)9(13)11-7(3)5-12/h5-8H,4,10H2,1-3H3,(H,11,13). The van der Waals surface area contributed by atoms with Gasteiger partial charge in [0, 0.05) is 0 Å². The average Bonchev–Trinajstić information content (AvgIpc) is 2.02. The number of hydrogen-bond donors (Lipinski definition) is 2. The van der Waals surface area contributed by atoms with Gasteiger partial charge in [0.15, 0.2) is 0 Å². The van der Waals surface area contributed by atoms with Crippen LogP contribution in [0.1, 0.15) is 27.2 Å². The van der Waals surface area contributed by atoms with Crippen molar-refractivity contribution in [3.63, 3.8) is 0 Å². The maximum atomic E-state index is 11.3. The molecule has 0 aliphatic rings. The topological polar surface area (TPSA) is 72.2 Å². The van der Waals surface area contributed by atoms with Gasteiger partial charge < -0.3 is 15.8 Å². The molecule has 4 heteroatoms. The van der Waals surface area contributed by atoms with Gasteiger partial charge in [-0.1, -0.05) is 13.8 Å². The Morgan fingerprint density at radius 2 is 2.00 bits per heavy atom. The second kappa shape index (κ2) is 5.70. The van der Waals surface area contributed by atoms with Crippen LogP contribution < -0.4 is 11.1 Å². The molecule has 1 amide bonds. The monoisotopic (exact) mass is 186 g/mol. The van der Waals surface area contributed by atoms with Crippen LogP contribution in [0.25, 0.3) is 0 Å². The highest BCUT2D eigenvalue weighted by molar-refractivity contribution is 5.84. The van der Waals surface area contributed by atoms with E-state index in [1.54, 1.807) is 6.92 Å². The Morgan fingerprint density at radius 3 is 2.38 bits per heavy atom. The highest BCUT2D eigenvalue weighted by Crippen LogP contribution is 2.02. The summed E-state index contributed by atoms with van der Waals surface area (Å²) in [6.45, 7) is 5.61. The zero-order chi connectivity index (χ0) is 10.4. The molecule has 0 aromatic rings. The zero-order valence-corrected chi connectivity index (χ0v) is 8.41. The fourth-order valence-electron chi connectivity index (χ4n) is 0.980. The van der Waals surface area contributed by atoms with E-state index in [1.165, 1.54) is 0 Å². The molecular weight excluding hydrogens is 168 g/mol. The molecule has 0 fully saturated rings. The van der Waals surface area contributed by atoms with Gasteiger partial charge in [-0.15, -0.1) is 0 Å². The van der Waals surface area contributed by atoms with Crippen molar-refractivity contribution in [1.29, 1.82) is 0 Å². The quantitative estimate of drug-likeness (QED) is 0.596. The van der Waals surface area contributed by atoms with Crippen LogP contribution in [0.5, 0.6) is 0 Å². The lowest BCUT2D eigenvalue weighted by molar-refractivity contribution is -0.125. The zero-order valence-electron chi connectivity index (χ0n) is 8.41. The van der Waals surface area contributed by atoms with Crippen LogP contribution >= 0.6 is 0 Å². The number of nitrogens with two attached hydrogens (primary N) is 1. The normalized spacial score (nSPS) is 15.2. The number of carbonyl (C=O) groups excluding carboxylic acids is 2. The Labute approximate surface area is 78.9 Å². The predicted molar refractivity (Wildman–Crippen MR) is 51.1 cm³/mol. The van der Waals surface area contributed by atoms with Gasteiger partial charge >= 0.3 is 0 Å². The molecule has 0 rings (SSSR count). The van der Waals surface area contributed by atoms with Crippen LogP contribution in [0.15, 0.2) is 0 Å². The molecule has 2 unspecified atom stereocenters. The largest absolute Gasteiger partial charge is 0.346 e. The lowest BCUT2D eigenvalue weighted by Gasteiger charge is -2.15. The molecule has 0 saturated heterocycles. The maximum absolute atomic E-state index is 11.3. The number of rotatable bonds is 5. The molecule has 0 saturated carbocycles. The fourth-order valence-corrected chi connectivity index (χ4v) is 0.980. The summed E-state index contributed by atoms with van der Waals surface area (Å²) in [4.78, 5) is 21.5. The lowest BCUT2D eigenvalue weighted by Crippen LogP contribution is -2.45.